The van der Waals surface area contributed by atoms with Crippen LogP contribution in [0.15, 0.2) is 15.8 Å². The SMILES string of the molecule is COc1cc(=O)c(S(N)(=O)=O)c(OC(F)(F)F)[nH]1. The molecule has 1 rings (SSSR count). The Morgan fingerprint density at radius 3 is 2.33 bits per heavy atom. The van der Waals surface area contributed by atoms with Gasteiger partial charge in [0.15, 0.2) is 10.8 Å². The first-order chi connectivity index (χ1) is 8.04. The van der Waals surface area contributed by atoms with Gasteiger partial charge in [-0.2, -0.15) is 0 Å². The van der Waals surface area contributed by atoms with Gasteiger partial charge in [-0.1, -0.05) is 0 Å². The van der Waals surface area contributed by atoms with Crippen LogP contribution in [0.2, 0.25) is 0 Å². The van der Waals surface area contributed by atoms with Crippen molar-refractivity contribution in [1.29, 1.82) is 0 Å². The molecule has 0 amide bonds. The monoisotopic (exact) mass is 288 g/mol. The molecule has 0 radical (unpaired) electrons. The molecule has 0 aromatic carbocycles. The Morgan fingerprint density at radius 2 is 1.94 bits per heavy atom. The number of hydrogen-bond donors (Lipinski definition) is 2. The van der Waals surface area contributed by atoms with Gasteiger partial charge in [-0.3, -0.25) is 9.78 Å². The summed E-state index contributed by atoms with van der Waals surface area (Å²) in [6.07, 6.45) is -5.20. The number of sulfonamides is 1. The van der Waals surface area contributed by atoms with Gasteiger partial charge in [0.2, 0.25) is 21.3 Å². The summed E-state index contributed by atoms with van der Waals surface area (Å²) in [4.78, 5) is 11.9. The molecule has 0 unspecified atom stereocenters. The average Bonchev–Trinajstić information content (AvgIpc) is 2.11. The molecule has 0 spiro atoms. The highest BCUT2D eigenvalue weighted by atomic mass is 32.2. The fourth-order valence-electron chi connectivity index (χ4n) is 1.07. The van der Waals surface area contributed by atoms with Crippen molar-refractivity contribution in [3.05, 3.63) is 16.3 Å². The Bertz CT molecular complexity index is 606. The molecule has 0 aliphatic rings. The predicted octanol–water partition coefficient (Wildman–Crippen LogP) is -0.0705. The lowest BCUT2D eigenvalue weighted by Crippen LogP contribution is -2.27. The van der Waals surface area contributed by atoms with E-state index in [-0.39, 0.29) is 0 Å². The fraction of sp³-hybridized carbons (Fsp3) is 0.286. The summed E-state index contributed by atoms with van der Waals surface area (Å²) in [5.74, 6) is -1.76. The lowest BCUT2D eigenvalue weighted by Gasteiger charge is -2.12. The van der Waals surface area contributed by atoms with Crippen molar-refractivity contribution in [2.75, 3.05) is 7.11 Å². The highest BCUT2D eigenvalue weighted by Gasteiger charge is 2.35. The second-order valence-electron chi connectivity index (χ2n) is 2.95. The van der Waals surface area contributed by atoms with Gasteiger partial charge in [-0.25, -0.2) is 13.6 Å². The van der Waals surface area contributed by atoms with Crippen molar-refractivity contribution in [3.8, 4) is 11.8 Å². The third-order valence-corrected chi connectivity index (χ3v) is 2.61. The number of pyridine rings is 1. The Kier molecular flexibility index (Phi) is 3.57. The van der Waals surface area contributed by atoms with Crippen LogP contribution in [0.5, 0.6) is 11.8 Å². The Labute approximate surface area is 98.4 Å². The smallest absolute Gasteiger partial charge is 0.482 e. The Hall–Kier alpha value is -1.75. The number of aromatic amines is 1. The number of ether oxygens (including phenoxy) is 2. The summed E-state index contributed by atoms with van der Waals surface area (Å²) in [5, 5.41) is 4.63. The first kappa shape index (κ1) is 14.3. The van der Waals surface area contributed by atoms with Crippen LogP contribution in [0, 0.1) is 0 Å². The molecule has 1 aromatic rings. The van der Waals surface area contributed by atoms with Crippen molar-refractivity contribution in [3.63, 3.8) is 0 Å². The molecule has 0 aliphatic carbocycles. The van der Waals surface area contributed by atoms with Gasteiger partial charge in [0.05, 0.1) is 7.11 Å². The van der Waals surface area contributed by atoms with Gasteiger partial charge >= 0.3 is 6.36 Å². The average molecular weight is 288 g/mol. The molecule has 102 valence electrons. The van der Waals surface area contributed by atoms with Crippen LogP contribution in [0.4, 0.5) is 13.2 Å². The largest absolute Gasteiger partial charge is 0.574 e. The Morgan fingerprint density at radius 1 is 1.39 bits per heavy atom. The lowest BCUT2D eigenvalue weighted by atomic mass is 10.4. The zero-order chi connectivity index (χ0) is 14.1. The molecule has 0 aliphatic heterocycles. The summed E-state index contributed by atoms with van der Waals surface area (Å²) in [6.45, 7) is 0. The van der Waals surface area contributed by atoms with Crippen LogP contribution in [0.3, 0.4) is 0 Å². The normalized spacial score (nSPS) is 12.3. The zero-order valence-corrected chi connectivity index (χ0v) is 9.55. The quantitative estimate of drug-likeness (QED) is 0.808. The number of rotatable bonds is 3. The van der Waals surface area contributed by atoms with E-state index in [0.29, 0.717) is 6.07 Å². The summed E-state index contributed by atoms with van der Waals surface area (Å²) >= 11 is 0. The van der Waals surface area contributed by atoms with Gasteiger partial charge in [0.1, 0.15) is 0 Å². The summed E-state index contributed by atoms with van der Waals surface area (Å²) in [7, 11) is -3.63. The number of hydrogen-bond acceptors (Lipinski definition) is 5. The van der Waals surface area contributed by atoms with E-state index in [9.17, 15) is 26.4 Å². The zero-order valence-electron chi connectivity index (χ0n) is 8.74. The van der Waals surface area contributed by atoms with Crippen LogP contribution in [-0.4, -0.2) is 26.9 Å². The first-order valence-electron chi connectivity index (χ1n) is 4.14. The van der Waals surface area contributed by atoms with Crippen LogP contribution in [-0.2, 0) is 10.0 Å². The number of nitrogens with one attached hydrogen (secondary N) is 1. The topological polar surface area (TPSA) is 111 Å². The second kappa shape index (κ2) is 4.49. The number of halogens is 3. The number of alkyl halides is 3. The van der Waals surface area contributed by atoms with E-state index in [1.54, 1.807) is 0 Å². The highest BCUT2D eigenvalue weighted by molar-refractivity contribution is 7.89. The molecule has 1 heterocycles. The van der Waals surface area contributed by atoms with Crippen molar-refractivity contribution >= 4 is 10.0 Å². The van der Waals surface area contributed by atoms with E-state index in [4.69, 9.17) is 0 Å². The van der Waals surface area contributed by atoms with Gasteiger partial charge in [-0.05, 0) is 0 Å². The van der Waals surface area contributed by atoms with Crippen molar-refractivity contribution in [2.24, 2.45) is 5.14 Å². The predicted molar refractivity (Wildman–Crippen MR) is 51.7 cm³/mol. The van der Waals surface area contributed by atoms with Crippen molar-refractivity contribution in [1.82, 2.24) is 4.98 Å². The second-order valence-corrected chi connectivity index (χ2v) is 4.45. The minimum absolute atomic E-state index is 0.411. The van der Waals surface area contributed by atoms with E-state index >= 15 is 0 Å². The van der Waals surface area contributed by atoms with E-state index in [2.05, 4.69) is 14.6 Å². The number of H-pyrrole nitrogens is 1. The fourth-order valence-corrected chi connectivity index (χ4v) is 1.76. The summed E-state index contributed by atoms with van der Waals surface area (Å²) in [5.41, 5.74) is -1.28. The molecule has 7 nitrogen and oxygen atoms in total. The third kappa shape index (κ3) is 3.37. The summed E-state index contributed by atoms with van der Waals surface area (Å²) in [6, 6.07) is 0.628. The Balaban J connectivity index is 3.55. The standard InChI is InChI=1S/C7H7F3N2O5S/c1-16-4-2-3(13)5(18(11,14)15)6(12-4)17-7(8,9)10/h2H,1H3,(H,12,13)(H2,11,14,15). The van der Waals surface area contributed by atoms with E-state index in [1.165, 1.54) is 0 Å². The minimum Gasteiger partial charge on any atom is -0.482 e. The van der Waals surface area contributed by atoms with E-state index < -0.39 is 38.5 Å². The number of primary sulfonamides is 1. The molecular weight excluding hydrogens is 281 g/mol. The number of nitrogens with two attached hydrogens (primary N) is 1. The van der Waals surface area contributed by atoms with Gasteiger partial charge < -0.3 is 9.47 Å². The van der Waals surface area contributed by atoms with Crippen molar-refractivity contribution in [2.45, 2.75) is 11.3 Å². The number of aromatic nitrogens is 1. The van der Waals surface area contributed by atoms with Crippen LogP contribution in [0.25, 0.3) is 0 Å². The summed E-state index contributed by atoms with van der Waals surface area (Å²) < 4.78 is 66.1. The maximum absolute atomic E-state index is 12.1. The van der Waals surface area contributed by atoms with E-state index in [0.717, 1.165) is 7.11 Å². The van der Waals surface area contributed by atoms with Crippen LogP contribution in [0.1, 0.15) is 0 Å². The van der Waals surface area contributed by atoms with Crippen molar-refractivity contribution < 1.29 is 31.1 Å². The molecule has 0 fully saturated rings. The molecule has 0 atom stereocenters. The van der Waals surface area contributed by atoms with Crippen LogP contribution >= 0.6 is 0 Å². The van der Waals surface area contributed by atoms with Crippen LogP contribution < -0.4 is 20.0 Å². The molecule has 0 bridgehead atoms. The molecule has 18 heavy (non-hydrogen) atoms. The number of methoxy groups -OCH3 is 1. The highest BCUT2D eigenvalue weighted by Crippen LogP contribution is 2.26. The molecule has 11 heteroatoms. The molecular formula is C7H7F3N2O5S. The maximum atomic E-state index is 12.1. The minimum atomic E-state index is -5.20. The van der Waals surface area contributed by atoms with E-state index in [1.807, 2.05) is 4.98 Å². The first-order valence-corrected chi connectivity index (χ1v) is 5.69. The molecule has 0 saturated carbocycles. The van der Waals surface area contributed by atoms with Gasteiger partial charge in [-0.15, -0.1) is 13.2 Å². The lowest BCUT2D eigenvalue weighted by molar-refractivity contribution is -0.277. The maximum Gasteiger partial charge on any atom is 0.574 e. The molecule has 0 saturated heterocycles. The van der Waals surface area contributed by atoms with Gasteiger partial charge in [0.25, 0.3) is 0 Å². The van der Waals surface area contributed by atoms with Gasteiger partial charge in [0, 0.05) is 6.07 Å². The molecule has 3 N–H and O–H groups in total. The molecule has 1 aromatic heterocycles. The third-order valence-electron chi connectivity index (χ3n) is 1.65.